The quantitative estimate of drug-likeness (QED) is 0.611. The van der Waals surface area contributed by atoms with Gasteiger partial charge in [-0.3, -0.25) is 4.79 Å². The second-order valence-corrected chi connectivity index (χ2v) is 3.79. The minimum Gasteiger partial charge on any atom is -0.398 e. The van der Waals surface area contributed by atoms with E-state index in [9.17, 15) is 9.18 Å². The Bertz CT molecular complexity index is 363. The van der Waals surface area contributed by atoms with Crippen molar-refractivity contribution in [2.75, 3.05) is 5.73 Å². The number of carbonyl (C=O) groups is 1. The van der Waals surface area contributed by atoms with Gasteiger partial charge in [0.05, 0.1) is 0 Å². The molecule has 0 aliphatic heterocycles. The van der Waals surface area contributed by atoms with E-state index in [1.165, 1.54) is 18.2 Å². The van der Waals surface area contributed by atoms with Gasteiger partial charge in [-0.25, -0.2) is 4.39 Å². The maximum Gasteiger partial charge on any atom is 0.167 e. The second kappa shape index (κ2) is 4.91. The molecule has 2 nitrogen and oxygen atoms in total. The molecule has 0 radical (unpaired) electrons. The highest BCUT2D eigenvalue weighted by Gasteiger charge is 2.17. The van der Waals surface area contributed by atoms with Crippen molar-refractivity contribution in [3.63, 3.8) is 0 Å². The third-order valence-electron chi connectivity index (χ3n) is 2.45. The number of carbonyl (C=O) groups excluding carboxylic acids is 1. The Morgan fingerprint density at radius 2 is 2.20 bits per heavy atom. The van der Waals surface area contributed by atoms with Gasteiger partial charge in [0, 0.05) is 17.2 Å². The van der Waals surface area contributed by atoms with E-state index in [2.05, 4.69) is 0 Å². The van der Waals surface area contributed by atoms with Crippen LogP contribution in [0.2, 0.25) is 0 Å². The van der Waals surface area contributed by atoms with E-state index in [1.54, 1.807) is 0 Å². The maximum atomic E-state index is 12.9. The van der Waals surface area contributed by atoms with Crippen LogP contribution in [-0.4, -0.2) is 5.78 Å². The van der Waals surface area contributed by atoms with Crippen LogP contribution in [0, 0.1) is 11.7 Å². The van der Waals surface area contributed by atoms with Crippen molar-refractivity contribution in [2.45, 2.75) is 26.7 Å². The van der Waals surface area contributed by atoms with Crippen LogP contribution in [-0.2, 0) is 0 Å². The third-order valence-corrected chi connectivity index (χ3v) is 2.45. The predicted octanol–water partition coefficient (Wildman–Crippen LogP) is 3.03. The van der Waals surface area contributed by atoms with E-state index in [0.29, 0.717) is 11.3 Å². The number of halogens is 1. The number of benzene rings is 1. The number of nitrogens with two attached hydrogens (primary N) is 1. The van der Waals surface area contributed by atoms with Gasteiger partial charge in [-0.2, -0.15) is 0 Å². The Morgan fingerprint density at radius 3 is 2.80 bits per heavy atom. The number of nitrogen functional groups attached to an aromatic ring is 1. The normalized spacial score (nSPS) is 12.5. The van der Waals surface area contributed by atoms with Crippen molar-refractivity contribution < 1.29 is 9.18 Å². The lowest BCUT2D eigenvalue weighted by molar-refractivity contribution is 0.0924. The summed E-state index contributed by atoms with van der Waals surface area (Å²) in [6.07, 6.45) is 1.73. The Balaban J connectivity index is 2.95. The van der Waals surface area contributed by atoms with Crippen molar-refractivity contribution >= 4 is 11.5 Å². The van der Waals surface area contributed by atoms with Crippen molar-refractivity contribution in [1.82, 2.24) is 0 Å². The molecule has 1 aromatic carbocycles. The molecular weight excluding hydrogens is 193 g/mol. The summed E-state index contributed by atoms with van der Waals surface area (Å²) in [5.41, 5.74) is 6.29. The molecule has 82 valence electrons. The molecule has 0 saturated carbocycles. The molecule has 1 rings (SSSR count). The lowest BCUT2D eigenvalue weighted by atomic mass is 9.94. The number of hydrogen-bond donors (Lipinski definition) is 1. The summed E-state index contributed by atoms with van der Waals surface area (Å²) in [6, 6.07) is 3.90. The number of hydrogen-bond acceptors (Lipinski definition) is 2. The first-order valence-electron chi connectivity index (χ1n) is 5.15. The summed E-state index contributed by atoms with van der Waals surface area (Å²) in [4.78, 5) is 11.9. The molecule has 0 fully saturated rings. The summed E-state index contributed by atoms with van der Waals surface area (Å²) in [7, 11) is 0. The zero-order valence-electron chi connectivity index (χ0n) is 9.09. The fourth-order valence-electron chi connectivity index (χ4n) is 1.57. The van der Waals surface area contributed by atoms with Crippen molar-refractivity contribution in [1.29, 1.82) is 0 Å². The van der Waals surface area contributed by atoms with Gasteiger partial charge in [0.15, 0.2) is 5.78 Å². The molecule has 0 aromatic heterocycles. The van der Waals surface area contributed by atoms with Gasteiger partial charge in [-0.1, -0.05) is 20.3 Å². The van der Waals surface area contributed by atoms with Gasteiger partial charge in [0.2, 0.25) is 0 Å². The van der Waals surface area contributed by atoms with Crippen molar-refractivity contribution in [3.05, 3.63) is 29.6 Å². The average Bonchev–Trinajstić information content (AvgIpc) is 2.21. The molecule has 1 atom stereocenters. The van der Waals surface area contributed by atoms with Crippen LogP contribution in [0.3, 0.4) is 0 Å². The summed E-state index contributed by atoms with van der Waals surface area (Å²) in [5, 5.41) is 0. The van der Waals surface area contributed by atoms with E-state index in [0.717, 1.165) is 12.8 Å². The maximum absolute atomic E-state index is 12.9. The molecule has 0 heterocycles. The molecule has 3 heteroatoms. The van der Waals surface area contributed by atoms with E-state index < -0.39 is 5.82 Å². The molecule has 1 aromatic rings. The van der Waals surface area contributed by atoms with Crippen LogP contribution >= 0.6 is 0 Å². The van der Waals surface area contributed by atoms with Crippen LogP contribution in [0.25, 0.3) is 0 Å². The molecule has 0 spiro atoms. The van der Waals surface area contributed by atoms with Crippen LogP contribution in [0.15, 0.2) is 18.2 Å². The molecule has 0 aliphatic rings. The Kier molecular flexibility index (Phi) is 3.83. The molecule has 1 unspecified atom stereocenters. The van der Waals surface area contributed by atoms with Gasteiger partial charge in [0.1, 0.15) is 5.82 Å². The minimum atomic E-state index is -0.420. The zero-order valence-corrected chi connectivity index (χ0v) is 9.09. The van der Waals surface area contributed by atoms with Crippen LogP contribution in [0.1, 0.15) is 37.0 Å². The summed E-state index contributed by atoms with van der Waals surface area (Å²) < 4.78 is 12.9. The number of rotatable bonds is 4. The minimum absolute atomic E-state index is 0.0751. The van der Waals surface area contributed by atoms with Gasteiger partial charge >= 0.3 is 0 Å². The van der Waals surface area contributed by atoms with Gasteiger partial charge < -0.3 is 5.73 Å². The zero-order chi connectivity index (χ0) is 11.4. The van der Waals surface area contributed by atoms with Crippen LogP contribution < -0.4 is 5.73 Å². The predicted molar refractivity (Wildman–Crippen MR) is 59.2 cm³/mol. The first kappa shape index (κ1) is 11.7. The highest BCUT2D eigenvalue weighted by Crippen LogP contribution is 2.20. The van der Waals surface area contributed by atoms with Crippen molar-refractivity contribution in [3.8, 4) is 0 Å². The molecule has 15 heavy (non-hydrogen) atoms. The standard InChI is InChI=1S/C12H16FNO/c1-3-4-8(2)12(15)10-7-9(13)5-6-11(10)14/h5-8H,3-4,14H2,1-2H3. The first-order valence-corrected chi connectivity index (χ1v) is 5.15. The lowest BCUT2D eigenvalue weighted by Gasteiger charge is -2.10. The van der Waals surface area contributed by atoms with E-state index in [-0.39, 0.29) is 11.7 Å². The lowest BCUT2D eigenvalue weighted by Crippen LogP contribution is -2.13. The largest absolute Gasteiger partial charge is 0.398 e. The molecule has 0 aliphatic carbocycles. The Morgan fingerprint density at radius 1 is 1.53 bits per heavy atom. The van der Waals surface area contributed by atoms with E-state index in [1.807, 2.05) is 13.8 Å². The monoisotopic (exact) mass is 209 g/mol. The van der Waals surface area contributed by atoms with E-state index >= 15 is 0 Å². The van der Waals surface area contributed by atoms with E-state index in [4.69, 9.17) is 5.73 Å². The van der Waals surface area contributed by atoms with Gasteiger partial charge in [-0.15, -0.1) is 0 Å². The second-order valence-electron chi connectivity index (χ2n) is 3.79. The summed E-state index contributed by atoms with van der Waals surface area (Å²) >= 11 is 0. The molecule has 2 N–H and O–H groups in total. The number of ketones is 1. The third kappa shape index (κ3) is 2.78. The molecule has 0 saturated heterocycles. The van der Waals surface area contributed by atoms with Gasteiger partial charge in [0.25, 0.3) is 0 Å². The summed E-state index contributed by atoms with van der Waals surface area (Å²) in [5.74, 6) is -0.593. The van der Waals surface area contributed by atoms with Crippen molar-refractivity contribution in [2.24, 2.45) is 5.92 Å². The number of Topliss-reactive ketones (excluding diaryl/α,β-unsaturated/α-hetero) is 1. The fourth-order valence-corrected chi connectivity index (χ4v) is 1.57. The van der Waals surface area contributed by atoms with Crippen LogP contribution in [0.4, 0.5) is 10.1 Å². The molecule has 0 bridgehead atoms. The fraction of sp³-hybridized carbons (Fsp3) is 0.417. The molecular formula is C12H16FNO. The summed E-state index contributed by atoms with van der Waals surface area (Å²) in [6.45, 7) is 3.86. The SMILES string of the molecule is CCCC(C)C(=O)c1cc(F)ccc1N. The first-order chi connectivity index (χ1) is 7.06. The highest BCUT2D eigenvalue weighted by atomic mass is 19.1. The highest BCUT2D eigenvalue weighted by molar-refractivity contribution is 6.02. The number of anilines is 1. The molecule has 0 amide bonds. The average molecular weight is 209 g/mol. The van der Waals surface area contributed by atoms with Gasteiger partial charge in [-0.05, 0) is 24.6 Å². The Labute approximate surface area is 89.3 Å². The Hall–Kier alpha value is -1.38. The smallest absolute Gasteiger partial charge is 0.167 e. The topological polar surface area (TPSA) is 43.1 Å². The van der Waals surface area contributed by atoms with Crippen LogP contribution in [0.5, 0.6) is 0 Å².